The van der Waals surface area contributed by atoms with Gasteiger partial charge in [0.1, 0.15) is 6.54 Å². The van der Waals surface area contributed by atoms with E-state index in [-0.39, 0.29) is 11.6 Å². The molecule has 35 heavy (non-hydrogen) atoms. The molecule has 3 aromatic carbocycles. The average molecular weight is 522 g/mol. The van der Waals surface area contributed by atoms with Crippen molar-refractivity contribution in [1.29, 1.82) is 0 Å². The number of hydrogen-bond acceptors (Lipinski definition) is 5. The molecular weight excluding hydrogens is 505 g/mol. The standard InChI is InChI=1S/C26H17Cl2N3O3S/c1-34-22(32)14-31-24-21(12-11-18(27)23(24)28)35-26(31)30-25(33)17-13-20(15-7-3-2-4-8-15)29-19-10-6-5-9-16(17)19/h2-13H,14H2,1H3. The summed E-state index contributed by atoms with van der Waals surface area (Å²) in [6.45, 7) is -0.172. The minimum atomic E-state index is -0.504. The molecule has 0 aliphatic carbocycles. The molecule has 6 nitrogen and oxygen atoms in total. The first-order valence-electron chi connectivity index (χ1n) is 10.5. The molecular formula is C26H17Cl2N3O3S. The highest BCUT2D eigenvalue weighted by Crippen LogP contribution is 2.32. The van der Waals surface area contributed by atoms with Gasteiger partial charge in [0.25, 0.3) is 5.91 Å². The number of carbonyl (C=O) groups excluding carboxylic acids is 2. The third-order valence-corrected chi connectivity index (χ3v) is 7.30. The Labute approximate surface area is 214 Å². The van der Waals surface area contributed by atoms with Crippen LogP contribution in [-0.4, -0.2) is 28.5 Å². The van der Waals surface area contributed by atoms with Gasteiger partial charge in [0.15, 0.2) is 4.80 Å². The molecule has 2 aromatic heterocycles. The fraction of sp³-hybridized carbons (Fsp3) is 0.0769. The predicted octanol–water partition coefficient (Wildman–Crippen LogP) is 6.14. The Hall–Kier alpha value is -3.52. The van der Waals surface area contributed by atoms with E-state index in [9.17, 15) is 9.59 Å². The smallest absolute Gasteiger partial charge is 0.325 e. The zero-order valence-electron chi connectivity index (χ0n) is 18.4. The summed E-state index contributed by atoms with van der Waals surface area (Å²) in [6, 6.07) is 22.2. The van der Waals surface area contributed by atoms with Crippen LogP contribution < -0.4 is 4.80 Å². The monoisotopic (exact) mass is 521 g/mol. The van der Waals surface area contributed by atoms with Crippen LogP contribution in [0.1, 0.15) is 10.4 Å². The summed E-state index contributed by atoms with van der Waals surface area (Å²) in [5.74, 6) is -0.969. The van der Waals surface area contributed by atoms with Crippen LogP contribution in [0, 0.1) is 0 Å². The Morgan fingerprint density at radius 2 is 1.77 bits per heavy atom. The van der Waals surface area contributed by atoms with Gasteiger partial charge in [-0.25, -0.2) is 4.98 Å². The van der Waals surface area contributed by atoms with E-state index in [4.69, 9.17) is 32.9 Å². The quantitative estimate of drug-likeness (QED) is 0.266. The van der Waals surface area contributed by atoms with Crippen molar-refractivity contribution in [2.24, 2.45) is 4.99 Å². The number of thiazole rings is 1. The van der Waals surface area contributed by atoms with Crippen LogP contribution in [0.4, 0.5) is 0 Å². The van der Waals surface area contributed by atoms with Gasteiger partial charge in [0.05, 0.1) is 44.1 Å². The highest BCUT2D eigenvalue weighted by atomic mass is 35.5. The number of halogens is 2. The summed E-state index contributed by atoms with van der Waals surface area (Å²) in [7, 11) is 1.29. The molecule has 0 aliphatic heterocycles. The number of benzene rings is 3. The number of methoxy groups -OCH3 is 1. The van der Waals surface area contributed by atoms with Gasteiger partial charge in [-0.15, -0.1) is 0 Å². The van der Waals surface area contributed by atoms with Crippen LogP contribution in [0.25, 0.3) is 32.4 Å². The first-order valence-corrected chi connectivity index (χ1v) is 12.1. The molecule has 0 N–H and O–H groups in total. The van der Waals surface area contributed by atoms with E-state index in [0.717, 1.165) is 10.3 Å². The first kappa shape index (κ1) is 23.2. The van der Waals surface area contributed by atoms with Crippen LogP contribution in [0.2, 0.25) is 10.0 Å². The molecule has 0 radical (unpaired) electrons. The molecule has 5 aromatic rings. The summed E-state index contributed by atoms with van der Waals surface area (Å²) < 4.78 is 7.13. The molecule has 0 unspecified atom stereocenters. The zero-order valence-corrected chi connectivity index (χ0v) is 20.7. The number of ether oxygens (including phenoxy) is 1. The summed E-state index contributed by atoms with van der Waals surface area (Å²) in [4.78, 5) is 35.2. The van der Waals surface area contributed by atoms with E-state index in [1.807, 2.05) is 54.6 Å². The van der Waals surface area contributed by atoms with Gasteiger partial charge >= 0.3 is 5.97 Å². The maximum Gasteiger partial charge on any atom is 0.325 e. The lowest BCUT2D eigenvalue weighted by Gasteiger charge is -2.08. The maximum atomic E-state index is 13.6. The largest absolute Gasteiger partial charge is 0.468 e. The Bertz CT molecular complexity index is 1680. The number of pyridine rings is 1. The van der Waals surface area contributed by atoms with Crippen molar-refractivity contribution in [2.45, 2.75) is 6.54 Å². The van der Waals surface area contributed by atoms with E-state index in [2.05, 4.69) is 4.99 Å². The van der Waals surface area contributed by atoms with Gasteiger partial charge in [-0.1, -0.05) is 83.1 Å². The summed E-state index contributed by atoms with van der Waals surface area (Å²) in [6.07, 6.45) is 0. The van der Waals surface area contributed by atoms with Gasteiger partial charge < -0.3 is 9.30 Å². The number of rotatable bonds is 4. The van der Waals surface area contributed by atoms with Crippen molar-refractivity contribution in [2.75, 3.05) is 7.11 Å². The van der Waals surface area contributed by atoms with Gasteiger partial charge in [0.2, 0.25) is 0 Å². The third kappa shape index (κ3) is 4.46. The van der Waals surface area contributed by atoms with E-state index in [1.54, 1.807) is 22.8 Å². The number of carbonyl (C=O) groups is 2. The van der Waals surface area contributed by atoms with Gasteiger partial charge in [-0.05, 0) is 24.3 Å². The third-order valence-electron chi connectivity index (χ3n) is 5.46. The van der Waals surface area contributed by atoms with Crippen molar-refractivity contribution in [3.63, 3.8) is 0 Å². The molecule has 5 rings (SSSR count). The second-order valence-corrected chi connectivity index (χ2v) is 9.40. The number of esters is 1. The summed E-state index contributed by atoms with van der Waals surface area (Å²) >= 11 is 13.9. The molecule has 2 heterocycles. The van der Waals surface area contributed by atoms with Crippen LogP contribution in [0.3, 0.4) is 0 Å². The Morgan fingerprint density at radius 3 is 2.54 bits per heavy atom. The summed E-state index contributed by atoms with van der Waals surface area (Å²) in [5, 5.41) is 1.29. The fourth-order valence-electron chi connectivity index (χ4n) is 3.78. The molecule has 0 fully saturated rings. The van der Waals surface area contributed by atoms with E-state index in [1.165, 1.54) is 18.4 Å². The van der Waals surface area contributed by atoms with Crippen LogP contribution in [0.15, 0.2) is 77.8 Å². The highest BCUT2D eigenvalue weighted by Gasteiger charge is 2.18. The molecule has 0 bridgehead atoms. The van der Waals surface area contributed by atoms with Crippen LogP contribution >= 0.6 is 34.5 Å². The topological polar surface area (TPSA) is 73.6 Å². The Kier molecular flexibility index (Phi) is 6.38. The average Bonchev–Trinajstić information content (AvgIpc) is 3.23. The van der Waals surface area contributed by atoms with Crippen molar-refractivity contribution in [1.82, 2.24) is 9.55 Å². The van der Waals surface area contributed by atoms with Crippen molar-refractivity contribution in [3.05, 3.63) is 93.2 Å². The second kappa shape index (κ2) is 9.62. The van der Waals surface area contributed by atoms with Crippen LogP contribution in [-0.2, 0) is 16.1 Å². The fourth-order valence-corrected chi connectivity index (χ4v) is 5.30. The second-order valence-electron chi connectivity index (χ2n) is 7.61. The zero-order chi connectivity index (χ0) is 24.5. The number of amides is 1. The molecule has 0 spiro atoms. The van der Waals surface area contributed by atoms with Gasteiger partial charge in [-0.3, -0.25) is 9.59 Å². The van der Waals surface area contributed by atoms with Crippen molar-refractivity contribution in [3.8, 4) is 11.3 Å². The number of fused-ring (bicyclic) bond motifs is 2. The van der Waals surface area contributed by atoms with Crippen molar-refractivity contribution >= 4 is 67.5 Å². The van der Waals surface area contributed by atoms with Crippen molar-refractivity contribution < 1.29 is 14.3 Å². The summed E-state index contributed by atoms with van der Waals surface area (Å²) in [5.41, 5.74) is 3.15. The first-order chi connectivity index (χ1) is 17.0. The Morgan fingerprint density at radius 1 is 1.03 bits per heavy atom. The maximum absolute atomic E-state index is 13.6. The number of para-hydroxylation sites is 1. The molecule has 0 atom stereocenters. The normalized spacial score (nSPS) is 11.8. The number of hydrogen-bond donors (Lipinski definition) is 0. The number of aromatic nitrogens is 2. The number of nitrogens with zero attached hydrogens (tertiary/aromatic N) is 3. The minimum absolute atomic E-state index is 0.172. The predicted molar refractivity (Wildman–Crippen MR) is 139 cm³/mol. The van der Waals surface area contributed by atoms with E-state index in [0.29, 0.717) is 37.5 Å². The van der Waals surface area contributed by atoms with E-state index >= 15 is 0 Å². The minimum Gasteiger partial charge on any atom is -0.468 e. The lowest BCUT2D eigenvalue weighted by Crippen LogP contribution is -2.22. The highest BCUT2D eigenvalue weighted by molar-refractivity contribution is 7.16. The Balaban J connectivity index is 1.73. The van der Waals surface area contributed by atoms with Crippen LogP contribution in [0.5, 0.6) is 0 Å². The molecule has 9 heteroatoms. The van der Waals surface area contributed by atoms with E-state index < -0.39 is 11.9 Å². The molecule has 0 saturated heterocycles. The molecule has 174 valence electrons. The molecule has 0 saturated carbocycles. The SMILES string of the molecule is COC(=O)Cn1c(=NC(=O)c2cc(-c3ccccc3)nc3ccccc23)sc2ccc(Cl)c(Cl)c21. The lowest BCUT2D eigenvalue weighted by atomic mass is 10.0. The van der Waals surface area contributed by atoms with Gasteiger partial charge in [0, 0.05) is 10.9 Å². The molecule has 1 amide bonds. The lowest BCUT2D eigenvalue weighted by molar-refractivity contribution is -0.141. The molecule has 0 aliphatic rings. The van der Waals surface area contributed by atoms with Gasteiger partial charge in [-0.2, -0.15) is 4.99 Å².